The highest BCUT2D eigenvalue weighted by atomic mass is 15.0. The van der Waals surface area contributed by atoms with E-state index in [4.69, 9.17) is 5.73 Å². The highest BCUT2D eigenvalue weighted by Gasteiger charge is 2.47. The Hall–Kier alpha value is -0.0800. The predicted octanol–water partition coefficient (Wildman–Crippen LogP) is 3.17. The van der Waals surface area contributed by atoms with Crippen molar-refractivity contribution in [2.45, 2.75) is 65.8 Å². The van der Waals surface area contributed by atoms with E-state index in [2.05, 4.69) is 39.9 Å². The Morgan fingerprint density at radius 3 is 2.24 bits per heavy atom. The number of nitrogens with two attached hydrogens (primary N) is 1. The van der Waals surface area contributed by atoms with Crippen LogP contribution in [-0.2, 0) is 0 Å². The summed E-state index contributed by atoms with van der Waals surface area (Å²) in [7, 11) is 0. The van der Waals surface area contributed by atoms with E-state index in [9.17, 15) is 0 Å². The monoisotopic (exact) mass is 240 g/mol. The number of rotatable bonds is 6. The quantitative estimate of drug-likeness (QED) is 0.748. The van der Waals surface area contributed by atoms with E-state index in [1.54, 1.807) is 0 Å². The van der Waals surface area contributed by atoms with Gasteiger partial charge in [0, 0.05) is 12.1 Å². The van der Waals surface area contributed by atoms with Crippen molar-refractivity contribution in [3.8, 4) is 0 Å². The summed E-state index contributed by atoms with van der Waals surface area (Å²) < 4.78 is 0. The van der Waals surface area contributed by atoms with Crippen LogP contribution < -0.4 is 11.1 Å². The molecular formula is C15H32N2. The van der Waals surface area contributed by atoms with Crippen LogP contribution in [0.1, 0.15) is 60.3 Å². The summed E-state index contributed by atoms with van der Waals surface area (Å²) in [4.78, 5) is 0. The van der Waals surface area contributed by atoms with Crippen molar-refractivity contribution in [1.29, 1.82) is 0 Å². The van der Waals surface area contributed by atoms with Crippen LogP contribution in [0.5, 0.6) is 0 Å². The van der Waals surface area contributed by atoms with Crippen molar-refractivity contribution < 1.29 is 0 Å². The molecule has 0 aromatic rings. The molecule has 2 atom stereocenters. The van der Waals surface area contributed by atoms with Gasteiger partial charge in [0.2, 0.25) is 0 Å². The summed E-state index contributed by atoms with van der Waals surface area (Å²) in [5.74, 6) is 1.49. The van der Waals surface area contributed by atoms with Crippen molar-refractivity contribution in [2.24, 2.45) is 23.0 Å². The van der Waals surface area contributed by atoms with Gasteiger partial charge in [-0.2, -0.15) is 0 Å². The third kappa shape index (κ3) is 3.45. The molecule has 1 aliphatic rings. The summed E-state index contributed by atoms with van der Waals surface area (Å²) in [5.41, 5.74) is 6.72. The van der Waals surface area contributed by atoms with E-state index in [0.29, 0.717) is 11.3 Å². The van der Waals surface area contributed by atoms with Crippen LogP contribution >= 0.6 is 0 Å². The fraction of sp³-hybridized carbons (Fsp3) is 1.00. The maximum absolute atomic E-state index is 6.09. The molecule has 2 nitrogen and oxygen atoms in total. The van der Waals surface area contributed by atoms with Crippen molar-refractivity contribution in [1.82, 2.24) is 5.32 Å². The average molecular weight is 240 g/mol. The van der Waals surface area contributed by atoms with Crippen LogP contribution in [0, 0.1) is 17.3 Å². The lowest BCUT2D eigenvalue weighted by Gasteiger charge is -2.36. The molecule has 1 aliphatic carbocycles. The summed E-state index contributed by atoms with van der Waals surface area (Å²) >= 11 is 0. The second-order valence-electron chi connectivity index (χ2n) is 6.87. The molecule has 102 valence electrons. The molecule has 1 rings (SSSR count). The lowest BCUT2D eigenvalue weighted by atomic mass is 9.85. The van der Waals surface area contributed by atoms with Gasteiger partial charge in [-0.05, 0) is 36.6 Å². The Labute approximate surface area is 108 Å². The second kappa shape index (κ2) is 5.71. The van der Waals surface area contributed by atoms with Gasteiger partial charge in [-0.15, -0.1) is 0 Å². The molecule has 0 aromatic carbocycles. The highest BCUT2D eigenvalue weighted by molar-refractivity contribution is 5.04. The smallest absolute Gasteiger partial charge is 0.0335 e. The van der Waals surface area contributed by atoms with Crippen molar-refractivity contribution >= 4 is 0 Å². The molecule has 3 N–H and O–H groups in total. The molecule has 0 spiro atoms. The van der Waals surface area contributed by atoms with E-state index in [0.717, 1.165) is 19.0 Å². The summed E-state index contributed by atoms with van der Waals surface area (Å²) in [5, 5.41) is 3.83. The maximum atomic E-state index is 6.09. The third-order valence-corrected chi connectivity index (χ3v) is 4.86. The average Bonchev–Trinajstić information content (AvgIpc) is 2.50. The molecule has 0 bridgehead atoms. The van der Waals surface area contributed by atoms with Crippen LogP contribution in [0.3, 0.4) is 0 Å². The SMILES string of the molecule is CCC(CC)CNC1(CN)CC(C)(C)CC1C. The Morgan fingerprint density at radius 2 is 1.88 bits per heavy atom. The van der Waals surface area contributed by atoms with Gasteiger partial charge < -0.3 is 11.1 Å². The van der Waals surface area contributed by atoms with Crippen LogP contribution in [0.25, 0.3) is 0 Å². The first kappa shape index (κ1) is 15.0. The van der Waals surface area contributed by atoms with E-state index >= 15 is 0 Å². The molecule has 0 aromatic heterocycles. The van der Waals surface area contributed by atoms with Crippen molar-refractivity contribution in [2.75, 3.05) is 13.1 Å². The number of nitrogens with one attached hydrogen (secondary N) is 1. The van der Waals surface area contributed by atoms with Crippen LogP contribution in [0.2, 0.25) is 0 Å². The molecule has 2 heteroatoms. The van der Waals surface area contributed by atoms with Gasteiger partial charge in [0.05, 0.1) is 0 Å². The first-order valence-electron chi connectivity index (χ1n) is 7.34. The topological polar surface area (TPSA) is 38.0 Å². The van der Waals surface area contributed by atoms with E-state index in [-0.39, 0.29) is 5.54 Å². The normalized spacial score (nSPS) is 32.3. The predicted molar refractivity (Wildman–Crippen MR) is 76.0 cm³/mol. The lowest BCUT2D eigenvalue weighted by molar-refractivity contribution is 0.237. The standard InChI is InChI=1S/C15H32N2/c1-6-13(7-2)9-17-15(11-16)10-14(4,5)8-12(15)3/h12-13,17H,6-11,16H2,1-5H3. The molecular weight excluding hydrogens is 208 g/mol. The van der Waals surface area contributed by atoms with Gasteiger partial charge in [-0.3, -0.25) is 0 Å². The number of hydrogen-bond donors (Lipinski definition) is 2. The summed E-state index contributed by atoms with van der Waals surface area (Å²) in [6.07, 6.45) is 5.04. The Kier molecular flexibility index (Phi) is 5.03. The molecule has 0 saturated heterocycles. The molecule has 2 unspecified atom stereocenters. The Balaban J connectivity index is 2.64. The van der Waals surface area contributed by atoms with Gasteiger partial charge in [-0.1, -0.05) is 47.5 Å². The number of hydrogen-bond acceptors (Lipinski definition) is 2. The van der Waals surface area contributed by atoms with Gasteiger partial charge in [-0.25, -0.2) is 0 Å². The molecule has 0 amide bonds. The second-order valence-corrected chi connectivity index (χ2v) is 6.87. The van der Waals surface area contributed by atoms with Gasteiger partial charge >= 0.3 is 0 Å². The minimum Gasteiger partial charge on any atom is -0.329 e. The summed E-state index contributed by atoms with van der Waals surface area (Å²) in [6, 6.07) is 0. The van der Waals surface area contributed by atoms with Gasteiger partial charge in [0.1, 0.15) is 0 Å². The van der Waals surface area contributed by atoms with Crippen molar-refractivity contribution in [3.63, 3.8) is 0 Å². The largest absolute Gasteiger partial charge is 0.329 e. The van der Waals surface area contributed by atoms with Crippen LogP contribution in [0.4, 0.5) is 0 Å². The van der Waals surface area contributed by atoms with Crippen LogP contribution in [0.15, 0.2) is 0 Å². The zero-order valence-corrected chi connectivity index (χ0v) is 12.5. The zero-order chi connectivity index (χ0) is 13.1. The molecule has 0 heterocycles. The minimum atomic E-state index is 0.187. The van der Waals surface area contributed by atoms with Crippen molar-refractivity contribution in [3.05, 3.63) is 0 Å². The summed E-state index contributed by atoms with van der Waals surface area (Å²) in [6.45, 7) is 13.6. The minimum absolute atomic E-state index is 0.187. The molecule has 0 aliphatic heterocycles. The van der Waals surface area contributed by atoms with E-state index in [1.807, 2.05) is 0 Å². The van der Waals surface area contributed by atoms with E-state index < -0.39 is 0 Å². The fourth-order valence-corrected chi connectivity index (χ4v) is 3.63. The van der Waals surface area contributed by atoms with Crippen LogP contribution in [-0.4, -0.2) is 18.6 Å². The lowest BCUT2D eigenvalue weighted by Crippen LogP contribution is -2.54. The molecule has 1 fully saturated rings. The maximum Gasteiger partial charge on any atom is 0.0335 e. The fourth-order valence-electron chi connectivity index (χ4n) is 3.63. The highest BCUT2D eigenvalue weighted by Crippen LogP contribution is 2.47. The Bertz CT molecular complexity index is 233. The molecule has 17 heavy (non-hydrogen) atoms. The Morgan fingerprint density at radius 1 is 1.29 bits per heavy atom. The zero-order valence-electron chi connectivity index (χ0n) is 12.5. The van der Waals surface area contributed by atoms with Gasteiger partial charge in [0.15, 0.2) is 0 Å². The van der Waals surface area contributed by atoms with E-state index in [1.165, 1.54) is 25.7 Å². The molecule has 1 saturated carbocycles. The third-order valence-electron chi connectivity index (χ3n) is 4.86. The first-order chi connectivity index (χ1) is 7.89. The molecule has 0 radical (unpaired) electrons. The van der Waals surface area contributed by atoms with Gasteiger partial charge in [0.25, 0.3) is 0 Å². The first-order valence-corrected chi connectivity index (χ1v) is 7.34.